The van der Waals surface area contributed by atoms with E-state index in [4.69, 9.17) is 5.11 Å². The minimum Gasteiger partial charge on any atom is -0.395 e. The van der Waals surface area contributed by atoms with Gasteiger partial charge in [0.1, 0.15) is 0 Å². The van der Waals surface area contributed by atoms with Crippen LogP contribution < -0.4 is 0 Å². The fourth-order valence-corrected chi connectivity index (χ4v) is 0.736. The van der Waals surface area contributed by atoms with E-state index in [2.05, 4.69) is 12.6 Å². The first-order valence-electron chi connectivity index (χ1n) is 2.60. The molecule has 0 radical (unpaired) electrons. The predicted octanol–water partition coefficient (Wildman–Crippen LogP) is 1.24. The van der Waals surface area contributed by atoms with E-state index in [1.807, 2.05) is 19.9 Å². The van der Waals surface area contributed by atoms with Crippen LogP contribution in [-0.2, 0) is 0 Å². The second-order valence-corrected chi connectivity index (χ2v) is 2.66. The van der Waals surface area contributed by atoms with Crippen LogP contribution in [0.4, 0.5) is 0 Å². The first-order chi connectivity index (χ1) is 3.66. The molecule has 0 saturated carbocycles. The highest BCUT2D eigenvalue weighted by atomic mass is 32.1. The lowest BCUT2D eigenvalue weighted by atomic mass is 10.3. The number of thiol groups is 1. The Morgan fingerprint density at radius 2 is 2.25 bits per heavy atom. The minimum atomic E-state index is 0.0139. The average molecular weight is 132 g/mol. The van der Waals surface area contributed by atoms with Crippen LogP contribution in [0.15, 0.2) is 11.6 Å². The first kappa shape index (κ1) is 8.05. The van der Waals surface area contributed by atoms with Gasteiger partial charge in [0.05, 0.1) is 6.61 Å². The second-order valence-electron chi connectivity index (χ2n) is 1.99. The van der Waals surface area contributed by atoms with E-state index in [0.29, 0.717) is 0 Å². The van der Waals surface area contributed by atoms with Crippen molar-refractivity contribution in [1.82, 2.24) is 0 Å². The Balaban J connectivity index is 3.51. The highest BCUT2D eigenvalue weighted by Crippen LogP contribution is 1.99. The normalized spacial score (nSPS) is 13.0. The zero-order valence-corrected chi connectivity index (χ0v) is 6.15. The Kier molecular flexibility index (Phi) is 4.01. The molecule has 1 atom stereocenters. The summed E-state index contributed by atoms with van der Waals surface area (Å²) >= 11 is 4.04. The number of aliphatic hydroxyl groups is 1. The van der Waals surface area contributed by atoms with Gasteiger partial charge < -0.3 is 5.11 Å². The van der Waals surface area contributed by atoms with E-state index >= 15 is 0 Å². The molecule has 0 spiro atoms. The summed E-state index contributed by atoms with van der Waals surface area (Å²) in [5.74, 6) is 0. The Labute approximate surface area is 55.8 Å². The molecule has 1 N–H and O–H groups in total. The van der Waals surface area contributed by atoms with Crippen LogP contribution in [-0.4, -0.2) is 17.0 Å². The Morgan fingerprint density at radius 3 is 2.38 bits per heavy atom. The van der Waals surface area contributed by atoms with Gasteiger partial charge in [0.15, 0.2) is 0 Å². The van der Waals surface area contributed by atoms with Gasteiger partial charge in [-0.05, 0) is 13.8 Å². The lowest BCUT2D eigenvalue weighted by Gasteiger charge is -1.98. The number of hydrogen-bond donors (Lipinski definition) is 2. The molecule has 0 aromatic carbocycles. The van der Waals surface area contributed by atoms with E-state index in [0.717, 1.165) is 0 Å². The first-order valence-corrected chi connectivity index (χ1v) is 3.12. The molecule has 0 aliphatic heterocycles. The van der Waals surface area contributed by atoms with Crippen molar-refractivity contribution in [3.05, 3.63) is 11.6 Å². The molecular formula is C6H12OS. The lowest BCUT2D eigenvalue weighted by molar-refractivity contribution is 0.307. The van der Waals surface area contributed by atoms with Crippen LogP contribution in [0.25, 0.3) is 0 Å². The van der Waals surface area contributed by atoms with Crippen LogP contribution in [0.1, 0.15) is 13.8 Å². The van der Waals surface area contributed by atoms with Gasteiger partial charge in [-0.15, -0.1) is 0 Å². The highest BCUT2D eigenvalue weighted by Gasteiger charge is 1.91. The van der Waals surface area contributed by atoms with Gasteiger partial charge in [0.25, 0.3) is 0 Å². The van der Waals surface area contributed by atoms with Crippen molar-refractivity contribution in [3.63, 3.8) is 0 Å². The standard InChI is InChI=1S/C6H12OS/c1-5(2)3-6(8)4-7/h3,6-8H,4H2,1-2H3. The van der Waals surface area contributed by atoms with Crippen LogP contribution in [0.5, 0.6) is 0 Å². The molecule has 0 amide bonds. The summed E-state index contributed by atoms with van der Waals surface area (Å²) in [7, 11) is 0. The molecule has 0 aromatic rings. The second kappa shape index (κ2) is 3.98. The van der Waals surface area contributed by atoms with Gasteiger partial charge in [0.2, 0.25) is 0 Å². The number of allylic oxidation sites excluding steroid dienone is 1. The summed E-state index contributed by atoms with van der Waals surface area (Å²) < 4.78 is 0. The molecule has 0 saturated heterocycles. The van der Waals surface area contributed by atoms with Gasteiger partial charge >= 0.3 is 0 Å². The molecule has 2 heteroatoms. The smallest absolute Gasteiger partial charge is 0.0582 e. The van der Waals surface area contributed by atoms with Crippen LogP contribution >= 0.6 is 12.6 Å². The van der Waals surface area contributed by atoms with Gasteiger partial charge in [-0.25, -0.2) is 0 Å². The maximum absolute atomic E-state index is 8.46. The summed E-state index contributed by atoms with van der Waals surface area (Å²) in [5, 5.41) is 8.48. The van der Waals surface area contributed by atoms with Gasteiger partial charge in [-0.3, -0.25) is 0 Å². The molecule has 0 aromatic heterocycles. The number of hydrogen-bond acceptors (Lipinski definition) is 2. The van der Waals surface area contributed by atoms with Gasteiger partial charge in [-0.2, -0.15) is 12.6 Å². The van der Waals surface area contributed by atoms with E-state index in [9.17, 15) is 0 Å². The summed E-state index contributed by atoms with van der Waals surface area (Å²) in [4.78, 5) is 0. The average Bonchev–Trinajstić information content (AvgIpc) is 1.65. The largest absolute Gasteiger partial charge is 0.395 e. The van der Waals surface area contributed by atoms with E-state index in [-0.39, 0.29) is 11.9 Å². The summed E-state index contributed by atoms with van der Waals surface area (Å²) in [6.07, 6.45) is 1.92. The molecule has 48 valence electrons. The highest BCUT2D eigenvalue weighted by molar-refractivity contribution is 7.81. The van der Waals surface area contributed by atoms with Crippen molar-refractivity contribution < 1.29 is 5.11 Å². The maximum atomic E-state index is 8.46. The third-order valence-corrected chi connectivity index (χ3v) is 1.03. The zero-order valence-electron chi connectivity index (χ0n) is 5.26. The molecular weight excluding hydrogens is 120 g/mol. The summed E-state index contributed by atoms with van der Waals surface area (Å²) in [6, 6.07) is 0. The molecule has 0 heterocycles. The van der Waals surface area contributed by atoms with Crippen molar-refractivity contribution in [2.24, 2.45) is 0 Å². The van der Waals surface area contributed by atoms with Crippen LogP contribution in [0, 0.1) is 0 Å². The van der Waals surface area contributed by atoms with Crippen molar-refractivity contribution in [1.29, 1.82) is 0 Å². The summed E-state index contributed by atoms with van der Waals surface area (Å²) in [6.45, 7) is 4.09. The van der Waals surface area contributed by atoms with Crippen LogP contribution in [0.3, 0.4) is 0 Å². The fourth-order valence-electron chi connectivity index (χ4n) is 0.437. The molecule has 1 nitrogen and oxygen atoms in total. The molecule has 8 heavy (non-hydrogen) atoms. The predicted molar refractivity (Wildman–Crippen MR) is 39.3 cm³/mol. The molecule has 0 bridgehead atoms. The lowest BCUT2D eigenvalue weighted by Crippen LogP contribution is -1.99. The molecule has 0 aliphatic carbocycles. The minimum absolute atomic E-state index is 0.0139. The maximum Gasteiger partial charge on any atom is 0.0582 e. The Morgan fingerprint density at radius 1 is 1.75 bits per heavy atom. The van der Waals surface area contributed by atoms with Crippen LogP contribution in [0.2, 0.25) is 0 Å². The van der Waals surface area contributed by atoms with Crippen molar-refractivity contribution in [2.45, 2.75) is 19.1 Å². The molecule has 0 aliphatic rings. The quantitative estimate of drug-likeness (QED) is 0.428. The molecule has 1 unspecified atom stereocenters. The third-order valence-electron chi connectivity index (χ3n) is 0.713. The van der Waals surface area contributed by atoms with E-state index < -0.39 is 0 Å². The zero-order chi connectivity index (χ0) is 6.57. The Hall–Kier alpha value is 0.0500. The van der Waals surface area contributed by atoms with Crippen molar-refractivity contribution >= 4 is 12.6 Å². The third kappa shape index (κ3) is 4.22. The van der Waals surface area contributed by atoms with Gasteiger partial charge in [-0.1, -0.05) is 11.6 Å². The van der Waals surface area contributed by atoms with Crippen molar-refractivity contribution in [3.8, 4) is 0 Å². The van der Waals surface area contributed by atoms with Gasteiger partial charge in [0, 0.05) is 5.25 Å². The van der Waals surface area contributed by atoms with E-state index in [1.165, 1.54) is 5.57 Å². The molecule has 0 fully saturated rings. The Bertz CT molecular complexity index is 84.5. The topological polar surface area (TPSA) is 20.2 Å². The monoisotopic (exact) mass is 132 g/mol. The van der Waals surface area contributed by atoms with Crippen molar-refractivity contribution in [2.75, 3.05) is 6.61 Å². The summed E-state index contributed by atoms with van der Waals surface area (Å²) in [5.41, 5.74) is 1.19. The molecule has 0 rings (SSSR count). The SMILES string of the molecule is CC(C)=CC(S)CO. The van der Waals surface area contributed by atoms with E-state index in [1.54, 1.807) is 0 Å². The number of aliphatic hydroxyl groups excluding tert-OH is 1. The fraction of sp³-hybridized carbons (Fsp3) is 0.667. The number of rotatable bonds is 2.